The van der Waals surface area contributed by atoms with Gasteiger partial charge in [-0.1, -0.05) is 36.8 Å². The Morgan fingerprint density at radius 2 is 1.79 bits per heavy atom. The molecule has 6 heteroatoms. The molecule has 1 aromatic heterocycles. The van der Waals surface area contributed by atoms with Gasteiger partial charge in [-0.15, -0.1) is 11.8 Å². The molecule has 5 nitrogen and oxygen atoms in total. The number of piperidine rings is 1. The third kappa shape index (κ3) is 4.30. The fourth-order valence-corrected chi connectivity index (χ4v) is 4.42. The van der Waals surface area contributed by atoms with Gasteiger partial charge in [-0.25, -0.2) is 4.98 Å². The fraction of sp³-hybridized carbons (Fsp3) is 0.409. The Morgan fingerprint density at radius 1 is 1.14 bits per heavy atom. The summed E-state index contributed by atoms with van der Waals surface area (Å²) in [5.41, 5.74) is 10.3. The van der Waals surface area contributed by atoms with Crippen LogP contribution >= 0.6 is 11.8 Å². The summed E-state index contributed by atoms with van der Waals surface area (Å²) >= 11 is 1.56. The van der Waals surface area contributed by atoms with E-state index in [9.17, 15) is 10.5 Å². The lowest BCUT2D eigenvalue weighted by molar-refractivity contribution is 0.497. The second-order valence-electron chi connectivity index (χ2n) is 7.15. The van der Waals surface area contributed by atoms with Crippen LogP contribution < -0.4 is 10.6 Å². The van der Waals surface area contributed by atoms with Crippen molar-refractivity contribution in [1.82, 2.24) is 4.98 Å². The van der Waals surface area contributed by atoms with Crippen molar-refractivity contribution in [2.24, 2.45) is 5.73 Å². The fourth-order valence-electron chi connectivity index (χ4n) is 3.46. The first-order valence-corrected chi connectivity index (χ1v) is 10.6. The summed E-state index contributed by atoms with van der Waals surface area (Å²) in [7, 11) is 0. The van der Waals surface area contributed by atoms with Crippen molar-refractivity contribution in [2.75, 3.05) is 18.0 Å². The van der Waals surface area contributed by atoms with Gasteiger partial charge in [0, 0.05) is 24.9 Å². The van der Waals surface area contributed by atoms with Gasteiger partial charge in [-0.2, -0.15) is 10.5 Å². The van der Waals surface area contributed by atoms with Crippen LogP contribution in [0.3, 0.4) is 0 Å². The number of anilines is 1. The standard InChI is InChI=1S/C22H25N5S/c1-3-18-19(12-23)21(27-10-8-17(25)9-11-27)26-22(20(18)13-24)28-14-16-6-4-15(2)5-7-16/h4-7,17H,3,8-11,14,25H2,1-2H3. The monoisotopic (exact) mass is 391 g/mol. The van der Waals surface area contributed by atoms with Gasteiger partial charge in [0.05, 0.1) is 11.1 Å². The molecule has 3 rings (SSSR count). The summed E-state index contributed by atoms with van der Waals surface area (Å²) in [5.74, 6) is 1.44. The average molecular weight is 392 g/mol. The minimum absolute atomic E-state index is 0.209. The van der Waals surface area contributed by atoms with Crippen LogP contribution in [-0.4, -0.2) is 24.1 Å². The predicted molar refractivity (Wildman–Crippen MR) is 113 cm³/mol. The molecule has 0 spiro atoms. The van der Waals surface area contributed by atoms with Crippen LogP contribution in [0.15, 0.2) is 29.3 Å². The number of nitriles is 2. The number of aromatic nitrogens is 1. The van der Waals surface area contributed by atoms with Gasteiger partial charge in [-0.05, 0) is 37.3 Å². The molecule has 1 aromatic carbocycles. The summed E-state index contributed by atoms with van der Waals surface area (Å²) in [4.78, 5) is 6.96. The third-order valence-electron chi connectivity index (χ3n) is 5.16. The van der Waals surface area contributed by atoms with Gasteiger partial charge in [0.1, 0.15) is 23.0 Å². The number of hydrogen-bond donors (Lipinski definition) is 1. The number of aryl methyl sites for hydroxylation is 1. The Morgan fingerprint density at radius 3 is 2.36 bits per heavy atom. The molecule has 1 aliphatic rings. The van der Waals surface area contributed by atoms with Crippen molar-refractivity contribution in [1.29, 1.82) is 10.5 Å². The van der Waals surface area contributed by atoms with Crippen LogP contribution in [0.25, 0.3) is 0 Å². The van der Waals surface area contributed by atoms with Crippen molar-refractivity contribution < 1.29 is 0 Å². The number of hydrogen-bond acceptors (Lipinski definition) is 6. The van der Waals surface area contributed by atoms with Crippen molar-refractivity contribution in [2.45, 2.75) is 49.9 Å². The quantitative estimate of drug-likeness (QED) is 0.777. The summed E-state index contributed by atoms with van der Waals surface area (Å²) < 4.78 is 0. The van der Waals surface area contributed by atoms with Crippen molar-refractivity contribution in [3.63, 3.8) is 0 Å². The molecule has 1 aliphatic heterocycles. The van der Waals surface area contributed by atoms with E-state index < -0.39 is 0 Å². The zero-order chi connectivity index (χ0) is 20.1. The maximum Gasteiger partial charge on any atom is 0.148 e. The number of rotatable bonds is 5. The Hall–Kier alpha value is -2.54. The zero-order valence-electron chi connectivity index (χ0n) is 16.4. The SMILES string of the molecule is CCc1c(C#N)c(SCc2ccc(C)cc2)nc(N2CCC(N)CC2)c1C#N. The Labute approximate surface area is 171 Å². The number of nitrogens with zero attached hydrogens (tertiary/aromatic N) is 4. The topological polar surface area (TPSA) is 89.7 Å². The molecule has 2 heterocycles. The molecule has 0 aliphatic carbocycles. The Bertz CT molecular complexity index is 916. The number of pyridine rings is 1. The molecule has 28 heavy (non-hydrogen) atoms. The van der Waals surface area contributed by atoms with E-state index in [2.05, 4.69) is 48.2 Å². The van der Waals surface area contributed by atoms with Crippen LogP contribution in [0, 0.1) is 29.6 Å². The smallest absolute Gasteiger partial charge is 0.148 e. The van der Waals surface area contributed by atoms with Crippen LogP contribution in [0.2, 0.25) is 0 Å². The van der Waals surface area contributed by atoms with Crippen molar-refractivity contribution in [3.05, 3.63) is 52.1 Å². The molecule has 144 valence electrons. The van der Waals surface area contributed by atoms with Gasteiger partial charge in [-0.3, -0.25) is 0 Å². The van der Waals surface area contributed by atoms with Crippen molar-refractivity contribution in [3.8, 4) is 12.1 Å². The van der Waals surface area contributed by atoms with Gasteiger partial charge < -0.3 is 10.6 Å². The largest absolute Gasteiger partial charge is 0.355 e. The van der Waals surface area contributed by atoms with E-state index in [0.29, 0.717) is 28.4 Å². The second-order valence-corrected chi connectivity index (χ2v) is 8.11. The maximum atomic E-state index is 9.80. The summed E-state index contributed by atoms with van der Waals surface area (Å²) in [6.45, 7) is 5.64. The van der Waals surface area contributed by atoms with Crippen molar-refractivity contribution >= 4 is 17.6 Å². The summed E-state index contributed by atoms with van der Waals surface area (Å²) in [6.07, 6.45) is 2.41. The third-order valence-corrected chi connectivity index (χ3v) is 6.21. The molecule has 0 saturated carbocycles. The first-order valence-electron chi connectivity index (χ1n) is 9.63. The molecule has 0 bridgehead atoms. The van der Waals surface area contributed by atoms with E-state index in [1.807, 2.05) is 6.92 Å². The average Bonchev–Trinajstić information content (AvgIpc) is 2.72. The normalized spacial score (nSPS) is 14.5. The van der Waals surface area contributed by atoms with E-state index in [1.165, 1.54) is 11.1 Å². The first-order chi connectivity index (χ1) is 13.6. The predicted octanol–water partition coefficient (Wildman–Crippen LogP) is 3.92. The lowest BCUT2D eigenvalue weighted by Crippen LogP contribution is -2.40. The first kappa shape index (κ1) is 20.2. The molecule has 0 amide bonds. The summed E-state index contributed by atoms with van der Waals surface area (Å²) in [5, 5.41) is 20.3. The van der Waals surface area contributed by atoms with E-state index in [-0.39, 0.29) is 6.04 Å². The van der Waals surface area contributed by atoms with Gasteiger partial charge in [0.25, 0.3) is 0 Å². The molecule has 2 aromatic rings. The van der Waals surface area contributed by atoms with E-state index in [4.69, 9.17) is 10.7 Å². The Kier molecular flexibility index (Phi) is 6.57. The van der Waals surface area contributed by atoms with Gasteiger partial charge in [0.2, 0.25) is 0 Å². The van der Waals surface area contributed by atoms with Gasteiger partial charge in [0.15, 0.2) is 0 Å². The summed E-state index contributed by atoms with van der Waals surface area (Å²) in [6, 6.07) is 13.2. The number of benzene rings is 1. The highest BCUT2D eigenvalue weighted by Crippen LogP contribution is 2.34. The highest BCUT2D eigenvalue weighted by atomic mass is 32.2. The molecule has 2 N–H and O–H groups in total. The van der Waals surface area contributed by atoms with E-state index in [1.54, 1.807) is 11.8 Å². The maximum absolute atomic E-state index is 9.80. The molecule has 1 saturated heterocycles. The molecule has 1 fully saturated rings. The highest BCUT2D eigenvalue weighted by Gasteiger charge is 2.25. The van der Waals surface area contributed by atoms with Crippen LogP contribution in [0.4, 0.5) is 5.82 Å². The zero-order valence-corrected chi connectivity index (χ0v) is 17.2. The molecule has 0 radical (unpaired) electrons. The number of nitrogens with two attached hydrogens (primary N) is 1. The molecular formula is C22H25N5S. The lowest BCUT2D eigenvalue weighted by Gasteiger charge is -2.32. The van der Waals surface area contributed by atoms with E-state index in [0.717, 1.165) is 37.2 Å². The minimum atomic E-state index is 0.209. The second kappa shape index (κ2) is 9.10. The van der Waals surface area contributed by atoms with E-state index >= 15 is 0 Å². The van der Waals surface area contributed by atoms with Gasteiger partial charge >= 0.3 is 0 Å². The van der Waals surface area contributed by atoms with Crippen LogP contribution in [0.5, 0.6) is 0 Å². The highest BCUT2D eigenvalue weighted by molar-refractivity contribution is 7.98. The number of thioether (sulfide) groups is 1. The minimum Gasteiger partial charge on any atom is -0.355 e. The van der Waals surface area contributed by atoms with Crippen LogP contribution in [-0.2, 0) is 12.2 Å². The molecule has 0 atom stereocenters. The lowest BCUT2D eigenvalue weighted by atomic mass is 10.00. The Balaban J connectivity index is 1.98. The molecular weight excluding hydrogens is 366 g/mol. The van der Waals surface area contributed by atoms with Crippen LogP contribution in [0.1, 0.15) is 47.6 Å². The molecule has 0 unspecified atom stereocenters.